The summed E-state index contributed by atoms with van der Waals surface area (Å²) in [4.78, 5) is 48.4. The van der Waals surface area contributed by atoms with Crippen molar-refractivity contribution in [1.82, 2.24) is 0 Å². The minimum atomic E-state index is -1.45. The molecule has 0 atom stereocenters. The molecule has 28 heavy (non-hydrogen) atoms. The number of amides is 2. The average molecular weight is 384 g/mol. The molecular weight excluding hydrogens is 375 g/mol. The Kier molecular flexibility index (Phi) is 5.03. The second-order valence-electron chi connectivity index (χ2n) is 5.94. The monoisotopic (exact) mass is 384 g/mol. The van der Waals surface area contributed by atoms with Crippen molar-refractivity contribution in [2.24, 2.45) is 0 Å². The van der Waals surface area contributed by atoms with Gasteiger partial charge in [0, 0.05) is 23.1 Å². The molecule has 8 nitrogen and oxygen atoms in total. The molecule has 9 heteroatoms. The standard InChI is InChI=1S/C19H10N2O6.Na/c22-17-14-6-2-3-10-7-13(21(26)27)9-15(16(10)14)18(23)20(17)12-5-1-4-11(8-12)19(24)25;/h1-9H,(H,24,25);/q;+1/p-1. The van der Waals surface area contributed by atoms with E-state index in [0.717, 1.165) is 17.0 Å². The molecule has 0 saturated heterocycles. The van der Waals surface area contributed by atoms with Gasteiger partial charge in [0.2, 0.25) is 0 Å². The number of nitro groups is 1. The second kappa shape index (κ2) is 7.16. The minimum Gasteiger partial charge on any atom is -0.545 e. The number of imide groups is 1. The number of nitrogens with zero attached hydrogens (tertiary/aromatic N) is 2. The molecule has 1 aliphatic heterocycles. The number of carbonyl (C=O) groups is 3. The third-order valence-corrected chi connectivity index (χ3v) is 4.38. The van der Waals surface area contributed by atoms with Crippen molar-refractivity contribution >= 4 is 39.9 Å². The van der Waals surface area contributed by atoms with Crippen LogP contribution in [-0.2, 0) is 0 Å². The normalized spacial score (nSPS) is 12.6. The van der Waals surface area contributed by atoms with Crippen LogP contribution in [-0.4, -0.2) is 22.7 Å². The third-order valence-electron chi connectivity index (χ3n) is 4.38. The van der Waals surface area contributed by atoms with Crippen LogP contribution in [0, 0.1) is 10.1 Å². The number of rotatable bonds is 3. The predicted octanol–water partition coefficient (Wildman–Crippen LogP) is -1.08. The van der Waals surface area contributed by atoms with E-state index >= 15 is 0 Å². The van der Waals surface area contributed by atoms with Crippen molar-refractivity contribution in [2.75, 3.05) is 4.90 Å². The van der Waals surface area contributed by atoms with Crippen LogP contribution in [0.3, 0.4) is 0 Å². The molecule has 1 aliphatic rings. The molecule has 0 saturated carbocycles. The summed E-state index contributed by atoms with van der Waals surface area (Å²) in [5.41, 5.74) is -0.220. The van der Waals surface area contributed by atoms with E-state index in [2.05, 4.69) is 0 Å². The topological polar surface area (TPSA) is 121 Å². The van der Waals surface area contributed by atoms with Crippen LogP contribution in [0.2, 0.25) is 0 Å². The first-order valence-corrected chi connectivity index (χ1v) is 7.80. The Bertz CT molecular complexity index is 1190. The van der Waals surface area contributed by atoms with Gasteiger partial charge in [-0.1, -0.05) is 24.3 Å². The molecule has 0 radical (unpaired) electrons. The number of hydrogen-bond acceptors (Lipinski definition) is 6. The van der Waals surface area contributed by atoms with Gasteiger partial charge in [0.05, 0.1) is 22.1 Å². The number of anilines is 1. The van der Waals surface area contributed by atoms with Crippen molar-refractivity contribution in [1.29, 1.82) is 0 Å². The average Bonchev–Trinajstić information content (AvgIpc) is 2.65. The van der Waals surface area contributed by atoms with Crippen LogP contribution in [0.15, 0.2) is 54.6 Å². The minimum absolute atomic E-state index is 0. The Labute approximate surface area is 179 Å². The maximum atomic E-state index is 13.0. The van der Waals surface area contributed by atoms with Gasteiger partial charge in [-0.25, -0.2) is 4.90 Å². The number of carbonyl (C=O) groups excluding carboxylic acids is 3. The SMILES string of the molecule is O=C([O-])c1cccc(N2C(=O)c3cccc4cc([N+](=O)[O-])cc(c34)C2=O)c1.[Na+]. The summed E-state index contributed by atoms with van der Waals surface area (Å²) in [6, 6.07) is 12.3. The Hall–Kier alpha value is -3.07. The summed E-state index contributed by atoms with van der Waals surface area (Å²) in [7, 11) is 0. The predicted molar refractivity (Wildman–Crippen MR) is 92.5 cm³/mol. The van der Waals surface area contributed by atoms with Crippen LogP contribution in [0.5, 0.6) is 0 Å². The van der Waals surface area contributed by atoms with Gasteiger partial charge in [0.25, 0.3) is 17.5 Å². The van der Waals surface area contributed by atoms with Crippen LogP contribution < -0.4 is 39.6 Å². The van der Waals surface area contributed by atoms with Crippen molar-refractivity contribution in [3.05, 3.63) is 81.4 Å². The fourth-order valence-corrected chi connectivity index (χ4v) is 3.20. The molecule has 0 aromatic heterocycles. The quantitative estimate of drug-likeness (QED) is 0.245. The molecule has 0 unspecified atom stereocenters. The number of benzene rings is 3. The molecule has 4 rings (SSSR count). The number of nitro benzene ring substituents is 1. The molecule has 0 spiro atoms. The van der Waals surface area contributed by atoms with Crippen molar-refractivity contribution in [3.63, 3.8) is 0 Å². The molecule has 3 aromatic rings. The van der Waals surface area contributed by atoms with Crippen molar-refractivity contribution in [2.45, 2.75) is 0 Å². The Morgan fingerprint density at radius 2 is 1.61 bits per heavy atom. The van der Waals surface area contributed by atoms with E-state index in [1.165, 1.54) is 30.3 Å². The number of aromatic carboxylic acids is 1. The van der Waals surface area contributed by atoms with E-state index in [4.69, 9.17) is 0 Å². The smallest absolute Gasteiger partial charge is 0.545 e. The summed E-state index contributed by atoms with van der Waals surface area (Å²) in [5, 5.41) is 23.0. The van der Waals surface area contributed by atoms with Gasteiger partial charge in [0.1, 0.15) is 0 Å². The van der Waals surface area contributed by atoms with Gasteiger partial charge in [-0.2, -0.15) is 0 Å². The molecule has 1 heterocycles. The van der Waals surface area contributed by atoms with E-state index in [0.29, 0.717) is 10.8 Å². The number of hydrogen-bond donors (Lipinski definition) is 0. The van der Waals surface area contributed by atoms with Gasteiger partial charge < -0.3 is 9.90 Å². The number of carboxylic acid groups (broad SMARTS) is 1. The van der Waals surface area contributed by atoms with E-state index in [1.807, 2.05) is 0 Å². The van der Waals surface area contributed by atoms with Crippen molar-refractivity contribution in [3.8, 4) is 0 Å². The maximum absolute atomic E-state index is 13.0. The molecule has 3 aromatic carbocycles. The third kappa shape index (κ3) is 2.97. The first-order valence-electron chi connectivity index (χ1n) is 7.80. The molecule has 0 fully saturated rings. The molecular formula is C19H9N2NaO6. The van der Waals surface area contributed by atoms with Gasteiger partial charge in [-0.3, -0.25) is 19.7 Å². The summed E-state index contributed by atoms with van der Waals surface area (Å²) < 4.78 is 0. The molecule has 0 N–H and O–H groups in total. The Balaban J connectivity index is 0.00000225. The van der Waals surface area contributed by atoms with Gasteiger partial charge in [-0.05, 0) is 29.1 Å². The van der Waals surface area contributed by atoms with Crippen LogP contribution in [0.4, 0.5) is 11.4 Å². The molecule has 132 valence electrons. The van der Waals surface area contributed by atoms with Crippen molar-refractivity contribution < 1.29 is 54.0 Å². The zero-order valence-corrected chi connectivity index (χ0v) is 16.5. The molecule has 2 amide bonds. The number of non-ortho nitro benzene ring substituents is 1. The van der Waals surface area contributed by atoms with Crippen LogP contribution in [0.1, 0.15) is 31.1 Å². The Morgan fingerprint density at radius 3 is 2.29 bits per heavy atom. The largest absolute Gasteiger partial charge is 1.00 e. The zero-order valence-electron chi connectivity index (χ0n) is 14.5. The summed E-state index contributed by atoms with van der Waals surface area (Å²) in [6.07, 6.45) is 0. The molecule has 0 aliphatic carbocycles. The van der Waals surface area contributed by atoms with Crippen LogP contribution >= 0.6 is 0 Å². The van der Waals surface area contributed by atoms with Gasteiger partial charge >= 0.3 is 29.6 Å². The maximum Gasteiger partial charge on any atom is 1.00 e. The van der Waals surface area contributed by atoms with E-state index in [9.17, 15) is 29.6 Å². The molecule has 0 bridgehead atoms. The Morgan fingerprint density at radius 1 is 0.929 bits per heavy atom. The first kappa shape index (κ1) is 19.7. The second-order valence-corrected chi connectivity index (χ2v) is 5.94. The fraction of sp³-hybridized carbons (Fsp3) is 0. The summed E-state index contributed by atoms with van der Waals surface area (Å²) in [6.45, 7) is 0. The zero-order chi connectivity index (χ0) is 19.3. The fourth-order valence-electron chi connectivity index (χ4n) is 3.20. The van der Waals surface area contributed by atoms with Gasteiger partial charge in [-0.15, -0.1) is 0 Å². The van der Waals surface area contributed by atoms with E-state index in [-0.39, 0.29) is 57.6 Å². The van der Waals surface area contributed by atoms with E-state index < -0.39 is 22.7 Å². The van der Waals surface area contributed by atoms with Gasteiger partial charge in [0.15, 0.2) is 0 Å². The first-order chi connectivity index (χ1) is 12.9. The number of carboxylic acids is 1. The summed E-state index contributed by atoms with van der Waals surface area (Å²) >= 11 is 0. The van der Waals surface area contributed by atoms with Crippen LogP contribution in [0.25, 0.3) is 10.8 Å². The van der Waals surface area contributed by atoms with E-state index in [1.54, 1.807) is 12.1 Å². The summed E-state index contributed by atoms with van der Waals surface area (Å²) in [5.74, 6) is -2.85.